The van der Waals surface area contributed by atoms with Gasteiger partial charge in [0.2, 0.25) is 5.91 Å². The SMILES string of the molecule is Cc1ccc(C)c(SCC(=O)NC(C)(C)C(C)(C)O)c1. The Labute approximate surface area is 126 Å². The van der Waals surface area contributed by atoms with Crippen molar-refractivity contribution in [2.45, 2.75) is 57.6 Å². The molecule has 0 saturated carbocycles. The maximum absolute atomic E-state index is 12.0. The Kier molecular flexibility index (Phi) is 5.27. The van der Waals surface area contributed by atoms with Crippen LogP contribution in [-0.4, -0.2) is 27.9 Å². The zero-order chi connectivity index (χ0) is 15.6. The summed E-state index contributed by atoms with van der Waals surface area (Å²) in [6, 6.07) is 6.22. The fraction of sp³-hybridized carbons (Fsp3) is 0.562. The van der Waals surface area contributed by atoms with Gasteiger partial charge in [0.05, 0.1) is 16.9 Å². The van der Waals surface area contributed by atoms with Gasteiger partial charge in [-0.2, -0.15) is 0 Å². The number of aryl methyl sites for hydroxylation is 2. The fourth-order valence-electron chi connectivity index (χ4n) is 1.54. The Hall–Kier alpha value is -1.00. The van der Waals surface area contributed by atoms with Gasteiger partial charge in [0.1, 0.15) is 0 Å². The lowest BCUT2D eigenvalue weighted by Gasteiger charge is -2.38. The third kappa shape index (κ3) is 4.53. The number of amides is 1. The second kappa shape index (κ2) is 6.19. The van der Waals surface area contributed by atoms with Gasteiger partial charge >= 0.3 is 0 Å². The number of rotatable bonds is 5. The number of nitrogens with one attached hydrogen (secondary N) is 1. The molecule has 1 rings (SSSR count). The number of hydrogen-bond acceptors (Lipinski definition) is 3. The van der Waals surface area contributed by atoms with Crippen LogP contribution in [-0.2, 0) is 4.79 Å². The molecule has 0 saturated heterocycles. The van der Waals surface area contributed by atoms with Crippen LogP contribution in [0.15, 0.2) is 23.1 Å². The molecule has 0 aliphatic rings. The number of carbonyl (C=O) groups excluding carboxylic acids is 1. The zero-order valence-electron chi connectivity index (χ0n) is 13.2. The van der Waals surface area contributed by atoms with Gasteiger partial charge < -0.3 is 10.4 Å². The van der Waals surface area contributed by atoms with E-state index >= 15 is 0 Å². The van der Waals surface area contributed by atoms with Crippen molar-refractivity contribution in [2.24, 2.45) is 0 Å². The van der Waals surface area contributed by atoms with Crippen LogP contribution in [0.5, 0.6) is 0 Å². The Bertz CT molecular complexity index is 490. The van der Waals surface area contributed by atoms with Crippen LogP contribution in [0.3, 0.4) is 0 Å². The third-order valence-electron chi connectivity index (χ3n) is 3.68. The molecule has 0 heterocycles. The molecule has 3 nitrogen and oxygen atoms in total. The summed E-state index contributed by atoms with van der Waals surface area (Å²) >= 11 is 1.53. The first-order valence-electron chi connectivity index (χ1n) is 6.76. The lowest BCUT2D eigenvalue weighted by molar-refractivity contribution is -0.123. The van der Waals surface area contributed by atoms with Gasteiger partial charge in [0.15, 0.2) is 0 Å². The Morgan fingerprint density at radius 1 is 1.25 bits per heavy atom. The highest BCUT2D eigenvalue weighted by Gasteiger charge is 2.36. The molecule has 20 heavy (non-hydrogen) atoms. The average Bonchev–Trinajstić information content (AvgIpc) is 2.28. The van der Waals surface area contributed by atoms with Crippen LogP contribution >= 0.6 is 11.8 Å². The molecule has 0 unspecified atom stereocenters. The maximum atomic E-state index is 12.0. The topological polar surface area (TPSA) is 49.3 Å². The van der Waals surface area contributed by atoms with Crippen molar-refractivity contribution in [2.75, 3.05) is 5.75 Å². The fourth-order valence-corrected chi connectivity index (χ4v) is 2.47. The van der Waals surface area contributed by atoms with Crippen LogP contribution in [0.4, 0.5) is 0 Å². The van der Waals surface area contributed by atoms with E-state index in [2.05, 4.69) is 23.5 Å². The highest BCUT2D eigenvalue weighted by molar-refractivity contribution is 8.00. The minimum Gasteiger partial charge on any atom is -0.388 e. The predicted octanol–water partition coefficient (Wildman–Crippen LogP) is 3.06. The maximum Gasteiger partial charge on any atom is 0.230 e. The number of aliphatic hydroxyl groups is 1. The summed E-state index contributed by atoms with van der Waals surface area (Å²) in [5, 5.41) is 12.9. The van der Waals surface area contributed by atoms with Gasteiger partial charge in [-0.25, -0.2) is 0 Å². The predicted molar refractivity (Wildman–Crippen MR) is 85.2 cm³/mol. The van der Waals surface area contributed by atoms with Crippen molar-refractivity contribution >= 4 is 17.7 Å². The lowest BCUT2D eigenvalue weighted by Crippen LogP contribution is -2.58. The molecule has 1 aromatic carbocycles. The van der Waals surface area contributed by atoms with Crippen molar-refractivity contribution in [1.82, 2.24) is 5.32 Å². The number of hydrogen-bond donors (Lipinski definition) is 2. The number of thioether (sulfide) groups is 1. The second-order valence-electron chi connectivity index (χ2n) is 6.29. The van der Waals surface area contributed by atoms with Crippen molar-refractivity contribution in [3.05, 3.63) is 29.3 Å². The molecule has 0 fully saturated rings. The molecule has 2 N–H and O–H groups in total. The molecule has 1 aromatic rings. The molecule has 1 amide bonds. The third-order valence-corrected chi connectivity index (χ3v) is 4.84. The Morgan fingerprint density at radius 3 is 2.40 bits per heavy atom. The zero-order valence-corrected chi connectivity index (χ0v) is 14.0. The van der Waals surface area contributed by atoms with Crippen molar-refractivity contribution < 1.29 is 9.90 Å². The van der Waals surface area contributed by atoms with Crippen LogP contribution in [0.1, 0.15) is 38.8 Å². The van der Waals surface area contributed by atoms with E-state index in [0.29, 0.717) is 5.75 Å². The van der Waals surface area contributed by atoms with Gasteiger partial charge in [-0.1, -0.05) is 17.7 Å². The van der Waals surface area contributed by atoms with Gasteiger partial charge in [-0.3, -0.25) is 4.79 Å². The first-order chi connectivity index (χ1) is 9.03. The largest absolute Gasteiger partial charge is 0.388 e. The Balaban J connectivity index is 2.62. The summed E-state index contributed by atoms with van der Waals surface area (Å²) in [6.07, 6.45) is 0. The average molecular weight is 295 g/mol. The molecule has 0 aromatic heterocycles. The summed E-state index contributed by atoms with van der Waals surface area (Å²) in [7, 11) is 0. The molecule has 0 bridgehead atoms. The van der Waals surface area contributed by atoms with E-state index in [1.165, 1.54) is 22.9 Å². The van der Waals surface area contributed by atoms with E-state index in [0.717, 1.165) is 4.90 Å². The van der Waals surface area contributed by atoms with Gasteiger partial charge in [-0.15, -0.1) is 11.8 Å². The summed E-state index contributed by atoms with van der Waals surface area (Å²) in [6.45, 7) is 11.1. The molecule has 0 aliphatic heterocycles. The van der Waals surface area contributed by atoms with Gasteiger partial charge in [-0.05, 0) is 53.2 Å². The smallest absolute Gasteiger partial charge is 0.230 e. The normalized spacial score (nSPS) is 12.3. The summed E-state index contributed by atoms with van der Waals surface area (Å²) in [5.41, 5.74) is 0.740. The monoisotopic (exact) mass is 295 g/mol. The highest BCUT2D eigenvalue weighted by atomic mass is 32.2. The molecular weight excluding hydrogens is 270 g/mol. The minimum atomic E-state index is -0.966. The van der Waals surface area contributed by atoms with Crippen LogP contribution in [0.25, 0.3) is 0 Å². The van der Waals surface area contributed by atoms with E-state index in [9.17, 15) is 9.90 Å². The number of carbonyl (C=O) groups is 1. The highest BCUT2D eigenvalue weighted by Crippen LogP contribution is 2.24. The van der Waals surface area contributed by atoms with Crippen molar-refractivity contribution in [3.8, 4) is 0 Å². The van der Waals surface area contributed by atoms with Crippen molar-refractivity contribution in [1.29, 1.82) is 0 Å². The summed E-state index contributed by atoms with van der Waals surface area (Å²) in [5.74, 6) is 0.284. The Morgan fingerprint density at radius 2 is 1.85 bits per heavy atom. The van der Waals surface area contributed by atoms with Crippen molar-refractivity contribution in [3.63, 3.8) is 0 Å². The molecule has 0 aliphatic carbocycles. The first-order valence-corrected chi connectivity index (χ1v) is 7.75. The van der Waals surface area contributed by atoms with E-state index < -0.39 is 11.1 Å². The molecular formula is C16H25NO2S. The van der Waals surface area contributed by atoms with E-state index in [4.69, 9.17) is 0 Å². The van der Waals surface area contributed by atoms with E-state index in [-0.39, 0.29) is 5.91 Å². The van der Waals surface area contributed by atoms with Crippen LogP contribution in [0.2, 0.25) is 0 Å². The van der Waals surface area contributed by atoms with Crippen LogP contribution < -0.4 is 5.32 Å². The van der Waals surface area contributed by atoms with E-state index in [1.807, 2.05) is 27.7 Å². The second-order valence-corrected chi connectivity index (χ2v) is 7.31. The summed E-state index contributed by atoms with van der Waals surface area (Å²) < 4.78 is 0. The minimum absolute atomic E-state index is 0.0666. The molecule has 4 heteroatoms. The number of benzene rings is 1. The molecule has 0 spiro atoms. The molecule has 112 valence electrons. The molecule has 0 atom stereocenters. The standard InChI is InChI=1S/C16H25NO2S/c1-11-7-8-12(2)13(9-11)20-10-14(18)17-15(3,4)16(5,6)19/h7-9,19H,10H2,1-6H3,(H,17,18). The van der Waals surface area contributed by atoms with Crippen LogP contribution in [0, 0.1) is 13.8 Å². The van der Waals surface area contributed by atoms with Gasteiger partial charge in [0.25, 0.3) is 0 Å². The van der Waals surface area contributed by atoms with Gasteiger partial charge in [0, 0.05) is 4.90 Å². The quantitative estimate of drug-likeness (QED) is 0.821. The molecule has 0 radical (unpaired) electrons. The van der Waals surface area contributed by atoms with E-state index in [1.54, 1.807) is 13.8 Å². The first kappa shape index (κ1) is 17.1. The summed E-state index contributed by atoms with van der Waals surface area (Å²) in [4.78, 5) is 13.2. The lowest BCUT2D eigenvalue weighted by atomic mass is 9.86.